The zero-order valence-corrected chi connectivity index (χ0v) is 9.42. The first-order chi connectivity index (χ1) is 6.24. The molecule has 1 fully saturated rings. The molecule has 0 unspecified atom stereocenters. The summed E-state index contributed by atoms with van der Waals surface area (Å²) in [4.78, 5) is 5.67. The predicted molar refractivity (Wildman–Crippen MR) is 57.5 cm³/mol. The van der Waals surface area contributed by atoms with Gasteiger partial charge < -0.3 is 0 Å². The summed E-state index contributed by atoms with van der Waals surface area (Å²) in [5, 5.41) is 1.29. The van der Waals surface area contributed by atoms with Crippen LogP contribution in [0.15, 0.2) is 6.20 Å². The van der Waals surface area contributed by atoms with Gasteiger partial charge in [0.15, 0.2) is 0 Å². The summed E-state index contributed by atoms with van der Waals surface area (Å²) in [6.45, 7) is 2.33. The Balaban J connectivity index is 2.23. The molecule has 0 N–H and O–H groups in total. The summed E-state index contributed by atoms with van der Waals surface area (Å²) in [5.74, 6) is 0.605. The van der Waals surface area contributed by atoms with Crippen molar-refractivity contribution in [3.63, 3.8) is 0 Å². The average Bonchev–Trinajstić information content (AvgIpc) is 2.72. The molecule has 0 radical (unpaired) electrons. The van der Waals surface area contributed by atoms with Crippen molar-refractivity contribution in [2.75, 3.05) is 0 Å². The van der Waals surface area contributed by atoms with E-state index in [0.29, 0.717) is 11.3 Å². The largest absolute Gasteiger partial charge is 0.249 e. The SMILES string of the molecule is CC1(c2ncc(CCl)s2)CCCC1. The molecule has 1 saturated carbocycles. The fourth-order valence-corrected chi connectivity index (χ4v) is 3.21. The molecular formula is C10H14ClNS. The minimum atomic E-state index is 0.356. The van der Waals surface area contributed by atoms with Gasteiger partial charge in [0, 0.05) is 16.5 Å². The van der Waals surface area contributed by atoms with Crippen LogP contribution in [0.2, 0.25) is 0 Å². The monoisotopic (exact) mass is 215 g/mol. The maximum absolute atomic E-state index is 5.76. The van der Waals surface area contributed by atoms with E-state index >= 15 is 0 Å². The van der Waals surface area contributed by atoms with Crippen molar-refractivity contribution in [3.8, 4) is 0 Å². The highest BCUT2D eigenvalue weighted by Gasteiger charge is 2.33. The Bertz CT molecular complexity index is 289. The number of hydrogen-bond donors (Lipinski definition) is 0. The van der Waals surface area contributed by atoms with E-state index in [1.165, 1.54) is 35.6 Å². The Kier molecular flexibility index (Phi) is 2.61. The fraction of sp³-hybridized carbons (Fsp3) is 0.700. The molecule has 72 valence electrons. The second kappa shape index (κ2) is 3.58. The lowest BCUT2D eigenvalue weighted by Crippen LogP contribution is -2.15. The van der Waals surface area contributed by atoms with E-state index in [2.05, 4.69) is 11.9 Å². The van der Waals surface area contributed by atoms with Crippen molar-refractivity contribution in [2.24, 2.45) is 0 Å². The van der Waals surface area contributed by atoms with E-state index in [9.17, 15) is 0 Å². The number of nitrogens with zero attached hydrogens (tertiary/aromatic N) is 1. The summed E-state index contributed by atoms with van der Waals surface area (Å²) >= 11 is 7.55. The summed E-state index contributed by atoms with van der Waals surface area (Å²) in [6, 6.07) is 0. The van der Waals surface area contributed by atoms with Crippen LogP contribution in [0.1, 0.15) is 42.5 Å². The van der Waals surface area contributed by atoms with E-state index in [1.807, 2.05) is 6.20 Å². The van der Waals surface area contributed by atoms with Gasteiger partial charge in [0.05, 0.1) is 10.9 Å². The zero-order valence-electron chi connectivity index (χ0n) is 7.85. The lowest BCUT2D eigenvalue weighted by Gasteiger charge is -2.19. The van der Waals surface area contributed by atoms with Crippen molar-refractivity contribution in [2.45, 2.75) is 43.9 Å². The number of alkyl halides is 1. The first kappa shape index (κ1) is 9.47. The molecule has 0 amide bonds. The number of thiazole rings is 1. The normalized spacial score (nSPS) is 20.8. The third-order valence-corrected chi connectivity index (χ3v) is 4.66. The Morgan fingerprint density at radius 1 is 1.54 bits per heavy atom. The highest BCUT2D eigenvalue weighted by molar-refractivity contribution is 7.12. The molecule has 0 spiro atoms. The van der Waals surface area contributed by atoms with Gasteiger partial charge in [-0.1, -0.05) is 19.8 Å². The van der Waals surface area contributed by atoms with Crippen LogP contribution in [0.25, 0.3) is 0 Å². The Hall–Kier alpha value is -0.0800. The molecule has 13 heavy (non-hydrogen) atoms. The molecule has 0 saturated heterocycles. The number of rotatable bonds is 2. The molecule has 1 aromatic rings. The third-order valence-electron chi connectivity index (χ3n) is 2.91. The van der Waals surface area contributed by atoms with E-state index in [0.717, 1.165) is 0 Å². The average molecular weight is 216 g/mol. The quantitative estimate of drug-likeness (QED) is 0.686. The van der Waals surface area contributed by atoms with E-state index < -0.39 is 0 Å². The van der Waals surface area contributed by atoms with Crippen LogP contribution >= 0.6 is 22.9 Å². The minimum absolute atomic E-state index is 0.356. The Morgan fingerprint density at radius 2 is 2.23 bits per heavy atom. The van der Waals surface area contributed by atoms with Gasteiger partial charge in [-0.05, 0) is 12.8 Å². The number of hydrogen-bond acceptors (Lipinski definition) is 2. The molecule has 2 rings (SSSR count). The van der Waals surface area contributed by atoms with Gasteiger partial charge in [-0.25, -0.2) is 4.98 Å². The van der Waals surface area contributed by atoms with Crippen LogP contribution in [0.3, 0.4) is 0 Å². The number of halogens is 1. The topological polar surface area (TPSA) is 12.9 Å². The molecule has 1 nitrogen and oxygen atoms in total. The molecule has 1 aliphatic rings. The lowest BCUT2D eigenvalue weighted by molar-refractivity contribution is 0.488. The second-order valence-electron chi connectivity index (χ2n) is 4.03. The fourth-order valence-electron chi connectivity index (χ4n) is 2.02. The Labute approximate surface area is 88.1 Å². The van der Waals surface area contributed by atoms with Crippen molar-refractivity contribution in [1.82, 2.24) is 4.98 Å². The standard InChI is InChI=1S/C10H14ClNS/c1-10(4-2-3-5-10)9-12-7-8(6-11)13-9/h7H,2-6H2,1H3. The van der Waals surface area contributed by atoms with Crippen LogP contribution in [0.4, 0.5) is 0 Å². The van der Waals surface area contributed by atoms with Crippen molar-refractivity contribution < 1.29 is 0 Å². The van der Waals surface area contributed by atoms with Gasteiger partial charge in [-0.15, -0.1) is 22.9 Å². The van der Waals surface area contributed by atoms with Crippen molar-refractivity contribution >= 4 is 22.9 Å². The van der Waals surface area contributed by atoms with Crippen LogP contribution in [-0.4, -0.2) is 4.98 Å². The second-order valence-corrected chi connectivity index (χ2v) is 5.42. The molecule has 0 aromatic carbocycles. The highest BCUT2D eigenvalue weighted by atomic mass is 35.5. The van der Waals surface area contributed by atoms with Crippen molar-refractivity contribution in [1.29, 1.82) is 0 Å². The first-order valence-corrected chi connectivity index (χ1v) is 6.11. The molecule has 1 heterocycles. The predicted octanol–water partition coefficient (Wildman–Crippen LogP) is 3.71. The molecule has 0 atom stereocenters. The summed E-state index contributed by atoms with van der Waals surface area (Å²) in [6.07, 6.45) is 7.22. The smallest absolute Gasteiger partial charge is 0.0987 e. The molecular weight excluding hydrogens is 202 g/mol. The zero-order chi connectivity index (χ0) is 9.31. The van der Waals surface area contributed by atoms with Gasteiger partial charge in [0.1, 0.15) is 0 Å². The van der Waals surface area contributed by atoms with Gasteiger partial charge in [-0.3, -0.25) is 0 Å². The van der Waals surface area contributed by atoms with Crippen LogP contribution in [0.5, 0.6) is 0 Å². The van der Waals surface area contributed by atoms with Gasteiger partial charge in [-0.2, -0.15) is 0 Å². The lowest BCUT2D eigenvalue weighted by atomic mass is 9.90. The molecule has 1 aliphatic carbocycles. The van der Waals surface area contributed by atoms with Crippen molar-refractivity contribution in [3.05, 3.63) is 16.1 Å². The maximum atomic E-state index is 5.76. The molecule has 3 heteroatoms. The van der Waals surface area contributed by atoms with E-state index in [4.69, 9.17) is 11.6 Å². The van der Waals surface area contributed by atoms with Gasteiger partial charge >= 0.3 is 0 Å². The van der Waals surface area contributed by atoms with E-state index in [1.54, 1.807) is 11.3 Å². The van der Waals surface area contributed by atoms with Gasteiger partial charge in [0.25, 0.3) is 0 Å². The first-order valence-electron chi connectivity index (χ1n) is 4.76. The number of aromatic nitrogens is 1. The van der Waals surface area contributed by atoms with Gasteiger partial charge in [0.2, 0.25) is 0 Å². The third kappa shape index (κ3) is 1.75. The summed E-state index contributed by atoms with van der Waals surface area (Å²) in [5.41, 5.74) is 0.356. The van der Waals surface area contributed by atoms with Crippen LogP contribution in [-0.2, 0) is 11.3 Å². The molecule has 1 aromatic heterocycles. The summed E-state index contributed by atoms with van der Waals surface area (Å²) < 4.78 is 0. The van der Waals surface area contributed by atoms with Crippen LogP contribution < -0.4 is 0 Å². The minimum Gasteiger partial charge on any atom is -0.249 e. The van der Waals surface area contributed by atoms with Crippen LogP contribution in [0, 0.1) is 0 Å². The molecule has 0 aliphatic heterocycles. The summed E-state index contributed by atoms with van der Waals surface area (Å²) in [7, 11) is 0. The molecule has 0 bridgehead atoms. The highest BCUT2D eigenvalue weighted by Crippen LogP contribution is 2.42. The Morgan fingerprint density at radius 3 is 2.77 bits per heavy atom. The van der Waals surface area contributed by atoms with E-state index in [-0.39, 0.29) is 0 Å². The maximum Gasteiger partial charge on any atom is 0.0987 e.